The van der Waals surface area contributed by atoms with Crippen LogP contribution in [0.1, 0.15) is 26.4 Å². The van der Waals surface area contributed by atoms with Crippen LogP contribution in [-0.2, 0) is 6.42 Å². The number of amides is 1. The summed E-state index contributed by atoms with van der Waals surface area (Å²) in [5.74, 6) is -0.372. The van der Waals surface area contributed by atoms with Crippen molar-refractivity contribution in [1.82, 2.24) is 0 Å². The molecule has 150 valence electrons. The van der Waals surface area contributed by atoms with Gasteiger partial charge in [-0.15, -0.1) is 11.3 Å². The second kappa shape index (κ2) is 8.26. The van der Waals surface area contributed by atoms with Gasteiger partial charge in [0.1, 0.15) is 5.69 Å². The highest BCUT2D eigenvalue weighted by Crippen LogP contribution is 2.35. The first-order chi connectivity index (χ1) is 14.4. The summed E-state index contributed by atoms with van der Waals surface area (Å²) in [5, 5.41) is 15.3. The van der Waals surface area contributed by atoms with E-state index in [2.05, 4.69) is 5.32 Å². The molecule has 0 aliphatic rings. The number of nitro benzene ring substituents is 1. The summed E-state index contributed by atoms with van der Waals surface area (Å²) in [6.07, 6.45) is 0.593. The van der Waals surface area contributed by atoms with Crippen molar-refractivity contribution in [1.29, 1.82) is 0 Å². The van der Waals surface area contributed by atoms with E-state index < -0.39 is 4.92 Å². The molecule has 0 aliphatic carbocycles. The predicted molar refractivity (Wildman–Crippen MR) is 122 cm³/mol. The van der Waals surface area contributed by atoms with Crippen LogP contribution in [0.4, 0.5) is 11.4 Å². The Morgan fingerprint density at radius 1 is 1.10 bits per heavy atom. The van der Waals surface area contributed by atoms with Crippen LogP contribution in [0.2, 0.25) is 5.02 Å². The third kappa shape index (κ3) is 4.06. The molecule has 0 unspecified atom stereocenters. The summed E-state index contributed by atoms with van der Waals surface area (Å²) < 4.78 is 0.996. The molecule has 0 bridgehead atoms. The third-order valence-electron chi connectivity index (χ3n) is 4.81. The predicted octanol–water partition coefficient (Wildman–Crippen LogP) is 6.61. The smallest absolute Gasteiger partial charge is 0.294 e. The normalized spacial score (nSPS) is 10.9. The number of halogens is 1. The van der Waals surface area contributed by atoms with Gasteiger partial charge in [0.05, 0.1) is 9.80 Å². The SMILES string of the molecule is Cc1ccc(Cc2c(C(=O)Nc3ccc(Cl)cc3[N+](=O)[O-])sc3ccccc23)cc1. The van der Waals surface area contributed by atoms with Gasteiger partial charge in [0, 0.05) is 15.8 Å². The minimum absolute atomic E-state index is 0.119. The molecule has 7 heteroatoms. The lowest BCUT2D eigenvalue weighted by molar-refractivity contribution is -0.383. The van der Waals surface area contributed by atoms with E-state index in [-0.39, 0.29) is 22.3 Å². The van der Waals surface area contributed by atoms with Crippen LogP contribution in [-0.4, -0.2) is 10.8 Å². The first-order valence-electron chi connectivity index (χ1n) is 9.23. The van der Waals surface area contributed by atoms with Crippen molar-refractivity contribution in [3.63, 3.8) is 0 Å². The Labute approximate surface area is 182 Å². The molecule has 1 heterocycles. The highest BCUT2D eigenvalue weighted by Gasteiger charge is 2.22. The fourth-order valence-corrected chi connectivity index (χ4v) is 4.59. The number of anilines is 1. The van der Waals surface area contributed by atoms with Crippen molar-refractivity contribution in [2.45, 2.75) is 13.3 Å². The molecule has 4 aromatic rings. The van der Waals surface area contributed by atoms with Crippen LogP contribution < -0.4 is 5.32 Å². The summed E-state index contributed by atoms with van der Waals surface area (Å²) in [7, 11) is 0. The molecule has 5 nitrogen and oxygen atoms in total. The summed E-state index contributed by atoms with van der Waals surface area (Å²) in [5.41, 5.74) is 3.05. The zero-order chi connectivity index (χ0) is 21.3. The number of carbonyl (C=O) groups excluding carboxylic acids is 1. The summed E-state index contributed by atoms with van der Waals surface area (Å²) in [4.78, 5) is 24.5. The van der Waals surface area contributed by atoms with Crippen molar-refractivity contribution < 1.29 is 9.72 Å². The average Bonchev–Trinajstić information content (AvgIpc) is 3.09. The zero-order valence-electron chi connectivity index (χ0n) is 16.0. The largest absolute Gasteiger partial charge is 0.316 e. The van der Waals surface area contributed by atoms with E-state index in [0.29, 0.717) is 11.3 Å². The minimum atomic E-state index is -0.556. The summed E-state index contributed by atoms with van der Waals surface area (Å²) >= 11 is 7.26. The van der Waals surface area contributed by atoms with Crippen LogP contribution in [0, 0.1) is 17.0 Å². The molecule has 1 N–H and O–H groups in total. The third-order valence-corrected chi connectivity index (χ3v) is 6.26. The second-order valence-electron chi connectivity index (χ2n) is 6.94. The Morgan fingerprint density at radius 3 is 2.57 bits per heavy atom. The molecule has 0 spiro atoms. The van der Waals surface area contributed by atoms with Crippen molar-refractivity contribution in [3.8, 4) is 0 Å². The Morgan fingerprint density at radius 2 is 1.83 bits per heavy atom. The number of nitrogens with zero attached hydrogens (tertiary/aromatic N) is 1. The van der Waals surface area contributed by atoms with E-state index in [9.17, 15) is 14.9 Å². The minimum Gasteiger partial charge on any atom is -0.316 e. The van der Waals surface area contributed by atoms with E-state index in [1.807, 2.05) is 55.5 Å². The van der Waals surface area contributed by atoms with E-state index in [1.54, 1.807) is 0 Å². The van der Waals surface area contributed by atoms with Crippen molar-refractivity contribution in [2.24, 2.45) is 0 Å². The fraction of sp³-hybridized carbons (Fsp3) is 0.0870. The number of hydrogen-bond donors (Lipinski definition) is 1. The molecule has 3 aromatic carbocycles. The maximum Gasteiger partial charge on any atom is 0.294 e. The molecular weight excluding hydrogens is 420 g/mol. The molecule has 0 saturated heterocycles. The van der Waals surface area contributed by atoms with Crippen LogP contribution >= 0.6 is 22.9 Å². The lowest BCUT2D eigenvalue weighted by Gasteiger charge is -2.08. The van der Waals surface area contributed by atoms with Gasteiger partial charge in [-0.3, -0.25) is 14.9 Å². The van der Waals surface area contributed by atoms with Gasteiger partial charge in [-0.25, -0.2) is 0 Å². The van der Waals surface area contributed by atoms with Crippen molar-refractivity contribution >= 4 is 50.3 Å². The standard InChI is InChI=1S/C23H17ClN2O3S/c1-14-6-8-15(9-7-14)12-18-17-4-2-3-5-21(17)30-22(18)23(27)25-19-11-10-16(24)13-20(19)26(28)29/h2-11,13H,12H2,1H3,(H,25,27). The number of hydrogen-bond acceptors (Lipinski definition) is 4. The van der Waals surface area contributed by atoms with E-state index in [1.165, 1.54) is 35.1 Å². The zero-order valence-corrected chi connectivity index (χ0v) is 17.6. The highest BCUT2D eigenvalue weighted by molar-refractivity contribution is 7.21. The fourth-order valence-electron chi connectivity index (χ4n) is 3.31. The van der Waals surface area contributed by atoms with E-state index >= 15 is 0 Å². The second-order valence-corrected chi connectivity index (χ2v) is 8.43. The number of rotatable bonds is 5. The van der Waals surface area contributed by atoms with Gasteiger partial charge >= 0.3 is 0 Å². The van der Waals surface area contributed by atoms with Crippen LogP contribution in [0.5, 0.6) is 0 Å². The number of thiophene rings is 1. The lowest BCUT2D eigenvalue weighted by Crippen LogP contribution is -2.13. The molecule has 0 radical (unpaired) electrons. The molecule has 1 amide bonds. The highest BCUT2D eigenvalue weighted by atomic mass is 35.5. The molecule has 0 saturated carbocycles. The monoisotopic (exact) mass is 436 g/mol. The molecule has 0 fully saturated rings. The van der Waals surface area contributed by atoms with Gasteiger partial charge in [-0.05, 0) is 48.1 Å². The van der Waals surface area contributed by atoms with Crippen molar-refractivity contribution in [3.05, 3.63) is 103 Å². The number of nitrogens with one attached hydrogen (secondary N) is 1. The number of fused-ring (bicyclic) bond motifs is 1. The van der Waals surface area contributed by atoms with Gasteiger partial charge in [-0.1, -0.05) is 59.6 Å². The average molecular weight is 437 g/mol. The lowest BCUT2D eigenvalue weighted by atomic mass is 10.0. The maximum absolute atomic E-state index is 13.2. The van der Waals surface area contributed by atoms with Crippen molar-refractivity contribution in [2.75, 3.05) is 5.32 Å². The van der Waals surface area contributed by atoms with Gasteiger partial charge in [-0.2, -0.15) is 0 Å². The number of nitro groups is 1. The number of benzene rings is 3. The van der Waals surface area contributed by atoms with Crippen LogP contribution in [0.3, 0.4) is 0 Å². The van der Waals surface area contributed by atoms with Crippen LogP contribution in [0.15, 0.2) is 66.7 Å². The van der Waals surface area contributed by atoms with Gasteiger partial charge in [0.25, 0.3) is 11.6 Å². The maximum atomic E-state index is 13.2. The summed E-state index contributed by atoms with van der Waals surface area (Å²) in [6.45, 7) is 2.03. The molecule has 1 aromatic heterocycles. The van der Waals surface area contributed by atoms with E-state index in [0.717, 1.165) is 21.2 Å². The van der Waals surface area contributed by atoms with E-state index in [4.69, 9.17) is 11.6 Å². The molecule has 4 rings (SSSR count). The first kappa shape index (κ1) is 20.1. The Hall–Kier alpha value is -3.22. The van der Waals surface area contributed by atoms with Gasteiger partial charge in [0.2, 0.25) is 0 Å². The summed E-state index contributed by atoms with van der Waals surface area (Å²) in [6, 6.07) is 20.2. The molecule has 0 atom stereocenters. The Balaban J connectivity index is 1.74. The molecule has 0 aliphatic heterocycles. The van der Waals surface area contributed by atoms with Gasteiger partial charge < -0.3 is 5.32 Å². The van der Waals surface area contributed by atoms with Gasteiger partial charge in [0.15, 0.2) is 0 Å². The number of carbonyl (C=O) groups is 1. The number of aryl methyl sites for hydroxylation is 1. The van der Waals surface area contributed by atoms with Crippen LogP contribution in [0.25, 0.3) is 10.1 Å². The topological polar surface area (TPSA) is 72.2 Å². The first-order valence-corrected chi connectivity index (χ1v) is 10.4. The Bertz CT molecular complexity index is 1270. The quantitative estimate of drug-likeness (QED) is 0.282. The molecular formula is C23H17ClN2O3S. The Kier molecular flexibility index (Phi) is 5.53. The molecule has 30 heavy (non-hydrogen) atoms.